The quantitative estimate of drug-likeness (QED) is 0.621. The van der Waals surface area contributed by atoms with E-state index < -0.39 is 0 Å². The minimum atomic E-state index is -0.348. The van der Waals surface area contributed by atoms with Crippen LogP contribution in [0.3, 0.4) is 0 Å². The summed E-state index contributed by atoms with van der Waals surface area (Å²) in [5.74, 6) is -0.348. The molecule has 5 heteroatoms. The number of esters is 1. The van der Waals surface area contributed by atoms with Crippen LogP contribution in [0.1, 0.15) is 28.5 Å². The van der Waals surface area contributed by atoms with E-state index in [4.69, 9.17) is 9.47 Å². The lowest BCUT2D eigenvalue weighted by Gasteiger charge is -2.05. The molecule has 0 amide bonds. The van der Waals surface area contributed by atoms with Crippen molar-refractivity contribution in [2.75, 3.05) is 13.2 Å². The Morgan fingerprint density at radius 2 is 2.10 bits per heavy atom. The van der Waals surface area contributed by atoms with Gasteiger partial charge in [0.05, 0.1) is 31.7 Å². The van der Waals surface area contributed by atoms with Crippen LogP contribution in [0.4, 0.5) is 0 Å². The van der Waals surface area contributed by atoms with Gasteiger partial charge in [-0.15, -0.1) is 0 Å². The van der Waals surface area contributed by atoms with Crippen molar-refractivity contribution >= 4 is 5.97 Å². The van der Waals surface area contributed by atoms with Gasteiger partial charge in [0.1, 0.15) is 5.56 Å². The van der Waals surface area contributed by atoms with Crippen LogP contribution in [0.25, 0.3) is 0 Å². The monoisotopic (exact) mass is 274 g/mol. The number of carbonyl (C=O) groups excluding carboxylic acids is 1. The molecule has 0 saturated carbocycles. The highest BCUT2D eigenvalue weighted by Crippen LogP contribution is 2.08. The first-order valence-corrected chi connectivity index (χ1v) is 6.62. The maximum Gasteiger partial charge on any atom is 0.341 e. The van der Waals surface area contributed by atoms with E-state index >= 15 is 0 Å². The van der Waals surface area contributed by atoms with E-state index in [1.54, 1.807) is 6.92 Å². The van der Waals surface area contributed by atoms with Crippen molar-refractivity contribution in [2.24, 2.45) is 0 Å². The molecule has 1 N–H and O–H groups in total. The second kappa shape index (κ2) is 7.45. The van der Waals surface area contributed by atoms with Gasteiger partial charge < -0.3 is 9.47 Å². The smallest absolute Gasteiger partial charge is 0.341 e. The summed E-state index contributed by atoms with van der Waals surface area (Å²) in [6, 6.07) is 9.96. The normalized spacial score (nSPS) is 10.4. The topological polar surface area (TPSA) is 64.2 Å². The second-order valence-electron chi connectivity index (χ2n) is 4.27. The first kappa shape index (κ1) is 14.3. The van der Waals surface area contributed by atoms with Gasteiger partial charge >= 0.3 is 5.97 Å². The van der Waals surface area contributed by atoms with Crippen molar-refractivity contribution < 1.29 is 14.3 Å². The summed E-state index contributed by atoms with van der Waals surface area (Å²) in [6.07, 6.45) is 2.09. The van der Waals surface area contributed by atoms with Crippen LogP contribution in [-0.2, 0) is 22.5 Å². The summed E-state index contributed by atoms with van der Waals surface area (Å²) < 4.78 is 10.6. The van der Waals surface area contributed by atoms with Gasteiger partial charge in [0.2, 0.25) is 0 Å². The largest absolute Gasteiger partial charge is 0.462 e. The highest BCUT2D eigenvalue weighted by molar-refractivity contribution is 5.90. The Hall–Kier alpha value is -2.14. The first-order valence-electron chi connectivity index (χ1n) is 6.62. The Morgan fingerprint density at radius 3 is 2.85 bits per heavy atom. The molecule has 0 spiro atoms. The third-order valence-corrected chi connectivity index (χ3v) is 2.82. The molecule has 5 nitrogen and oxygen atoms in total. The zero-order valence-electron chi connectivity index (χ0n) is 11.5. The fourth-order valence-corrected chi connectivity index (χ4v) is 1.83. The highest BCUT2D eigenvalue weighted by Gasteiger charge is 2.14. The molecular formula is C15H18N2O3. The van der Waals surface area contributed by atoms with Crippen molar-refractivity contribution in [1.29, 1.82) is 0 Å². The number of nitrogens with zero attached hydrogens (tertiary/aromatic N) is 1. The molecule has 1 aromatic heterocycles. The Kier molecular flexibility index (Phi) is 5.32. The zero-order chi connectivity index (χ0) is 14.2. The van der Waals surface area contributed by atoms with Crippen molar-refractivity contribution in [1.82, 2.24) is 10.2 Å². The molecular weight excluding hydrogens is 256 g/mol. The molecule has 0 atom stereocenters. The number of ether oxygens (including phenoxy) is 2. The molecule has 0 unspecified atom stereocenters. The first-order chi connectivity index (χ1) is 9.81. The van der Waals surface area contributed by atoms with Gasteiger partial charge in [0, 0.05) is 6.42 Å². The van der Waals surface area contributed by atoms with E-state index in [9.17, 15) is 4.79 Å². The summed E-state index contributed by atoms with van der Waals surface area (Å²) in [4.78, 5) is 11.7. The Morgan fingerprint density at radius 1 is 1.30 bits per heavy atom. The van der Waals surface area contributed by atoms with Crippen molar-refractivity contribution in [3.63, 3.8) is 0 Å². The summed E-state index contributed by atoms with van der Waals surface area (Å²) in [7, 11) is 0. The van der Waals surface area contributed by atoms with Crippen LogP contribution in [0.5, 0.6) is 0 Å². The lowest BCUT2D eigenvalue weighted by Crippen LogP contribution is -2.08. The van der Waals surface area contributed by atoms with Crippen LogP contribution in [-0.4, -0.2) is 29.4 Å². The number of hydrogen-bond donors (Lipinski definition) is 1. The lowest BCUT2D eigenvalue weighted by atomic mass is 10.2. The second-order valence-corrected chi connectivity index (χ2v) is 4.27. The number of hydrogen-bond acceptors (Lipinski definition) is 4. The number of aromatic amines is 1. The SMILES string of the molecule is CCOC(=O)c1cn[nH]c1CCOCc1ccccc1. The number of benzene rings is 1. The molecule has 0 bridgehead atoms. The predicted molar refractivity (Wildman–Crippen MR) is 74.3 cm³/mol. The Labute approximate surface area is 117 Å². The van der Waals surface area contributed by atoms with Crippen LogP contribution in [0, 0.1) is 0 Å². The van der Waals surface area contributed by atoms with E-state index in [-0.39, 0.29) is 5.97 Å². The number of H-pyrrole nitrogens is 1. The number of nitrogens with one attached hydrogen (secondary N) is 1. The number of aromatic nitrogens is 2. The van der Waals surface area contributed by atoms with Gasteiger partial charge in [-0.25, -0.2) is 4.79 Å². The minimum absolute atomic E-state index is 0.348. The van der Waals surface area contributed by atoms with E-state index in [1.165, 1.54) is 6.20 Å². The third-order valence-electron chi connectivity index (χ3n) is 2.82. The lowest BCUT2D eigenvalue weighted by molar-refractivity contribution is 0.0524. The maximum absolute atomic E-state index is 11.7. The molecule has 0 aliphatic heterocycles. The van der Waals surface area contributed by atoms with Gasteiger partial charge in [-0.1, -0.05) is 30.3 Å². The van der Waals surface area contributed by atoms with Crippen LogP contribution in [0.15, 0.2) is 36.5 Å². The number of rotatable bonds is 7. The van der Waals surface area contributed by atoms with Crippen LogP contribution < -0.4 is 0 Å². The molecule has 1 heterocycles. The fraction of sp³-hybridized carbons (Fsp3) is 0.333. The summed E-state index contributed by atoms with van der Waals surface area (Å²) >= 11 is 0. The van der Waals surface area contributed by atoms with E-state index in [1.807, 2.05) is 30.3 Å². The Balaban J connectivity index is 1.80. The van der Waals surface area contributed by atoms with Crippen LogP contribution >= 0.6 is 0 Å². The average Bonchev–Trinajstić information content (AvgIpc) is 2.93. The molecule has 0 saturated heterocycles. The van der Waals surface area contributed by atoms with E-state index in [2.05, 4.69) is 10.2 Å². The van der Waals surface area contributed by atoms with Gasteiger partial charge in [-0.05, 0) is 12.5 Å². The molecule has 2 aromatic rings. The maximum atomic E-state index is 11.7. The molecule has 0 aliphatic carbocycles. The van der Waals surface area contributed by atoms with Gasteiger partial charge in [0.25, 0.3) is 0 Å². The van der Waals surface area contributed by atoms with E-state index in [0.29, 0.717) is 31.8 Å². The van der Waals surface area contributed by atoms with Crippen molar-refractivity contribution in [2.45, 2.75) is 20.0 Å². The predicted octanol–water partition coefficient (Wildman–Crippen LogP) is 2.35. The van der Waals surface area contributed by atoms with Gasteiger partial charge in [0.15, 0.2) is 0 Å². The average molecular weight is 274 g/mol. The molecule has 0 fully saturated rings. The van der Waals surface area contributed by atoms with Gasteiger partial charge in [-0.2, -0.15) is 5.10 Å². The third kappa shape index (κ3) is 3.93. The Bertz CT molecular complexity index is 537. The molecule has 2 rings (SSSR count). The van der Waals surface area contributed by atoms with Gasteiger partial charge in [-0.3, -0.25) is 5.10 Å². The number of carbonyl (C=O) groups is 1. The molecule has 20 heavy (non-hydrogen) atoms. The van der Waals surface area contributed by atoms with Crippen molar-refractivity contribution in [3.8, 4) is 0 Å². The minimum Gasteiger partial charge on any atom is -0.462 e. The highest BCUT2D eigenvalue weighted by atomic mass is 16.5. The molecule has 0 aliphatic rings. The molecule has 0 radical (unpaired) electrons. The van der Waals surface area contributed by atoms with Crippen LogP contribution in [0.2, 0.25) is 0 Å². The van der Waals surface area contributed by atoms with E-state index in [0.717, 1.165) is 11.3 Å². The fourth-order valence-electron chi connectivity index (χ4n) is 1.83. The summed E-state index contributed by atoms with van der Waals surface area (Å²) in [5, 5.41) is 6.69. The summed E-state index contributed by atoms with van der Waals surface area (Å²) in [5.41, 5.74) is 2.36. The standard InChI is InChI=1S/C15H18N2O3/c1-2-20-15(18)13-10-16-17-14(13)8-9-19-11-12-6-4-3-5-7-12/h3-7,10H,2,8-9,11H2,1H3,(H,16,17). The molecule has 1 aromatic carbocycles. The molecule has 106 valence electrons. The van der Waals surface area contributed by atoms with Crippen molar-refractivity contribution in [3.05, 3.63) is 53.3 Å². The zero-order valence-corrected chi connectivity index (χ0v) is 11.5. The summed E-state index contributed by atoms with van der Waals surface area (Å²) in [6.45, 7) is 3.21.